The maximum atomic E-state index is 13.2. The number of aromatic nitrogens is 2. The van der Waals surface area contributed by atoms with Gasteiger partial charge in [0.15, 0.2) is 0 Å². The Kier molecular flexibility index (Phi) is 4.14. The number of hydrogen-bond donors (Lipinski definition) is 2. The number of aromatic amines is 1. The molecule has 1 unspecified atom stereocenters. The van der Waals surface area contributed by atoms with Crippen LogP contribution in [0.5, 0.6) is 5.88 Å². The summed E-state index contributed by atoms with van der Waals surface area (Å²) >= 11 is 0. The molecule has 2 aromatic rings. The van der Waals surface area contributed by atoms with Crippen molar-refractivity contribution < 1.29 is 14.2 Å². The van der Waals surface area contributed by atoms with Gasteiger partial charge in [0.25, 0.3) is 5.56 Å². The Morgan fingerprint density at radius 1 is 1.50 bits per heavy atom. The zero-order chi connectivity index (χ0) is 14.7. The van der Waals surface area contributed by atoms with Crippen LogP contribution < -0.4 is 5.56 Å². The Morgan fingerprint density at radius 3 is 2.85 bits per heavy atom. The first-order valence-electron chi connectivity index (χ1n) is 6.12. The van der Waals surface area contributed by atoms with Crippen molar-refractivity contribution >= 4 is 0 Å². The molecule has 0 aliphatic carbocycles. The van der Waals surface area contributed by atoms with Crippen molar-refractivity contribution in [3.8, 4) is 17.0 Å². The van der Waals surface area contributed by atoms with Gasteiger partial charge in [-0.25, -0.2) is 4.39 Å². The maximum absolute atomic E-state index is 13.2. The Hall–Kier alpha value is -2.21. The van der Waals surface area contributed by atoms with E-state index in [1.165, 1.54) is 24.3 Å². The minimum atomic E-state index is -0.513. The van der Waals surface area contributed by atoms with Crippen LogP contribution in [0.2, 0.25) is 0 Å². The third kappa shape index (κ3) is 3.03. The van der Waals surface area contributed by atoms with E-state index in [9.17, 15) is 14.3 Å². The maximum Gasteiger partial charge on any atom is 0.262 e. The molecule has 0 spiro atoms. The molecule has 0 amide bonds. The number of halogens is 1. The van der Waals surface area contributed by atoms with Gasteiger partial charge >= 0.3 is 0 Å². The Labute approximate surface area is 115 Å². The summed E-state index contributed by atoms with van der Waals surface area (Å²) in [7, 11) is 1.55. The molecule has 0 saturated heterocycles. The summed E-state index contributed by atoms with van der Waals surface area (Å²) in [5.74, 6) is -0.585. The predicted octanol–water partition coefficient (Wildman–Crippen LogP) is 1.86. The van der Waals surface area contributed by atoms with Crippen molar-refractivity contribution in [2.24, 2.45) is 0 Å². The fraction of sp³-hybridized carbons (Fsp3) is 0.286. The van der Waals surface area contributed by atoms with Gasteiger partial charge in [-0.2, -0.15) is 4.98 Å². The van der Waals surface area contributed by atoms with E-state index in [2.05, 4.69) is 9.97 Å². The van der Waals surface area contributed by atoms with Crippen LogP contribution in [0, 0.1) is 5.82 Å². The van der Waals surface area contributed by atoms with Crippen LogP contribution in [0.25, 0.3) is 11.1 Å². The van der Waals surface area contributed by atoms with E-state index < -0.39 is 17.3 Å². The third-order valence-corrected chi connectivity index (χ3v) is 2.95. The number of benzene rings is 1. The van der Waals surface area contributed by atoms with Crippen LogP contribution in [-0.2, 0) is 11.2 Å². The second kappa shape index (κ2) is 5.83. The van der Waals surface area contributed by atoms with Crippen LogP contribution >= 0.6 is 0 Å². The van der Waals surface area contributed by atoms with Gasteiger partial charge < -0.3 is 14.8 Å². The van der Waals surface area contributed by atoms with Crippen molar-refractivity contribution in [2.75, 3.05) is 7.11 Å². The normalized spacial score (nSPS) is 12.3. The average Bonchev–Trinajstić information content (AvgIpc) is 2.37. The predicted molar refractivity (Wildman–Crippen MR) is 72.1 cm³/mol. The molecule has 2 N–H and O–H groups in total. The van der Waals surface area contributed by atoms with E-state index in [0.29, 0.717) is 12.2 Å². The molecule has 1 heterocycles. The molecule has 1 aromatic heterocycles. The first kappa shape index (κ1) is 14.2. The van der Waals surface area contributed by atoms with Gasteiger partial charge in [0, 0.05) is 13.5 Å². The molecule has 20 heavy (non-hydrogen) atoms. The SMILES string of the molecule is COC(C)Cc1nc(O)c(-c2cccc(F)c2)c(=O)[nH]1. The number of ether oxygens (including phenoxy) is 1. The Morgan fingerprint density at radius 2 is 2.25 bits per heavy atom. The molecule has 0 bridgehead atoms. The molecule has 0 radical (unpaired) electrons. The van der Waals surface area contributed by atoms with E-state index >= 15 is 0 Å². The number of aromatic hydroxyl groups is 1. The highest BCUT2D eigenvalue weighted by Crippen LogP contribution is 2.23. The van der Waals surface area contributed by atoms with Crippen molar-refractivity contribution in [1.82, 2.24) is 9.97 Å². The first-order chi connectivity index (χ1) is 9.51. The fourth-order valence-corrected chi connectivity index (χ4v) is 1.86. The van der Waals surface area contributed by atoms with Crippen LogP contribution in [0.4, 0.5) is 4.39 Å². The van der Waals surface area contributed by atoms with Crippen LogP contribution in [0.15, 0.2) is 29.1 Å². The van der Waals surface area contributed by atoms with Crippen LogP contribution in [0.3, 0.4) is 0 Å². The topological polar surface area (TPSA) is 75.2 Å². The third-order valence-electron chi connectivity index (χ3n) is 2.95. The second-order valence-corrected chi connectivity index (χ2v) is 4.47. The van der Waals surface area contributed by atoms with Gasteiger partial charge in [-0.3, -0.25) is 4.79 Å². The lowest BCUT2D eigenvalue weighted by Crippen LogP contribution is -2.18. The molecule has 1 aromatic carbocycles. The van der Waals surface area contributed by atoms with Crippen molar-refractivity contribution in [3.63, 3.8) is 0 Å². The van der Waals surface area contributed by atoms with Gasteiger partial charge in [0.1, 0.15) is 17.2 Å². The first-order valence-corrected chi connectivity index (χ1v) is 6.12. The van der Waals surface area contributed by atoms with Gasteiger partial charge in [0.05, 0.1) is 6.10 Å². The summed E-state index contributed by atoms with van der Waals surface area (Å²) in [5.41, 5.74) is -0.276. The Balaban J connectivity index is 2.44. The van der Waals surface area contributed by atoms with E-state index in [1.807, 2.05) is 6.92 Å². The van der Waals surface area contributed by atoms with Gasteiger partial charge in [0.2, 0.25) is 5.88 Å². The number of hydrogen-bond acceptors (Lipinski definition) is 4. The van der Waals surface area contributed by atoms with Crippen molar-refractivity contribution in [2.45, 2.75) is 19.4 Å². The number of nitrogens with one attached hydrogen (secondary N) is 1. The van der Waals surface area contributed by atoms with Gasteiger partial charge in [-0.1, -0.05) is 12.1 Å². The number of nitrogens with zero attached hydrogens (tertiary/aromatic N) is 1. The minimum Gasteiger partial charge on any atom is -0.493 e. The lowest BCUT2D eigenvalue weighted by molar-refractivity contribution is 0.117. The summed E-state index contributed by atoms with van der Waals surface area (Å²) in [6.45, 7) is 1.82. The quantitative estimate of drug-likeness (QED) is 0.895. The summed E-state index contributed by atoms with van der Waals surface area (Å²) in [6, 6.07) is 5.43. The van der Waals surface area contributed by atoms with Gasteiger partial charge in [-0.15, -0.1) is 0 Å². The number of methoxy groups -OCH3 is 1. The van der Waals surface area contributed by atoms with Gasteiger partial charge in [-0.05, 0) is 24.6 Å². The summed E-state index contributed by atoms with van der Waals surface area (Å²) < 4.78 is 18.3. The average molecular weight is 278 g/mol. The molecule has 6 heteroatoms. The monoisotopic (exact) mass is 278 g/mol. The van der Waals surface area contributed by atoms with E-state index in [-0.39, 0.29) is 17.2 Å². The summed E-state index contributed by atoms with van der Waals surface area (Å²) in [4.78, 5) is 18.5. The summed E-state index contributed by atoms with van der Waals surface area (Å²) in [6.07, 6.45) is 0.223. The van der Waals surface area contributed by atoms with Crippen LogP contribution in [0.1, 0.15) is 12.7 Å². The molecule has 1 atom stereocenters. The highest BCUT2D eigenvalue weighted by molar-refractivity contribution is 5.67. The molecule has 0 aliphatic rings. The molecule has 5 nitrogen and oxygen atoms in total. The minimum absolute atomic E-state index is 0.0432. The molecule has 0 aliphatic heterocycles. The van der Waals surface area contributed by atoms with Crippen molar-refractivity contribution in [1.29, 1.82) is 0 Å². The van der Waals surface area contributed by atoms with E-state index in [1.54, 1.807) is 7.11 Å². The second-order valence-electron chi connectivity index (χ2n) is 4.47. The number of H-pyrrole nitrogens is 1. The smallest absolute Gasteiger partial charge is 0.262 e. The molecule has 0 saturated carbocycles. The molecular weight excluding hydrogens is 263 g/mol. The van der Waals surface area contributed by atoms with Crippen LogP contribution in [-0.4, -0.2) is 28.3 Å². The van der Waals surface area contributed by atoms with E-state index in [0.717, 1.165) is 0 Å². The zero-order valence-corrected chi connectivity index (χ0v) is 11.2. The molecule has 106 valence electrons. The highest BCUT2D eigenvalue weighted by Gasteiger charge is 2.14. The van der Waals surface area contributed by atoms with E-state index in [4.69, 9.17) is 4.74 Å². The lowest BCUT2D eigenvalue weighted by atomic mass is 10.1. The van der Waals surface area contributed by atoms with Crippen molar-refractivity contribution in [3.05, 3.63) is 46.3 Å². The highest BCUT2D eigenvalue weighted by atomic mass is 19.1. The zero-order valence-electron chi connectivity index (χ0n) is 11.2. The molecule has 0 fully saturated rings. The standard InChI is InChI=1S/C14H15FN2O3/c1-8(20-2)6-11-16-13(18)12(14(19)17-11)9-4-3-5-10(15)7-9/h3-5,7-8H,6H2,1-2H3,(H2,16,17,18,19). The Bertz CT molecular complexity index is 670. The molecule has 2 rings (SSSR count). The fourth-order valence-electron chi connectivity index (χ4n) is 1.86. The molecular formula is C14H15FN2O3. The summed E-state index contributed by atoms with van der Waals surface area (Å²) in [5, 5.41) is 9.91. The largest absolute Gasteiger partial charge is 0.493 e. The number of rotatable bonds is 4. The lowest BCUT2D eigenvalue weighted by Gasteiger charge is -2.10.